The fourth-order valence-corrected chi connectivity index (χ4v) is 8.19. The van der Waals surface area contributed by atoms with Crippen LogP contribution in [0.5, 0.6) is 5.75 Å². The standard InChI is InChI=1S/C43H29F3N2O3S2/c44-43(45,46)53(49,50)51-36-28-38-41-37(30-16-6-1-7-17-30)26-35(47(31-18-8-2-9-19-31)32-20-10-3-11-21-32)27-40(41)52-42(38)39(29-36)48(33-22-12-4-13-23-33)34-24-14-5-15-25-34/h1-29H. The molecule has 0 aliphatic rings. The van der Waals surface area contributed by atoms with E-state index in [0.29, 0.717) is 11.1 Å². The van der Waals surface area contributed by atoms with Crippen LogP contribution in [0.2, 0.25) is 0 Å². The van der Waals surface area contributed by atoms with Crippen molar-refractivity contribution in [1.82, 2.24) is 0 Å². The molecule has 5 nitrogen and oxygen atoms in total. The Morgan fingerprint density at radius 2 is 0.981 bits per heavy atom. The SMILES string of the molecule is O=S(=O)(Oc1cc(N(c2ccccc2)c2ccccc2)c2sc3cc(N(c4ccccc4)c4ccccc4)cc(-c4ccccc4)c3c2c1)C(F)(F)F. The molecule has 7 aromatic carbocycles. The van der Waals surface area contributed by atoms with Crippen molar-refractivity contribution in [2.75, 3.05) is 9.80 Å². The second-order valence-corrected chi connectivity index (χ2v) is 14.7. The summed E-state index contributed by atoms with van der Waals surface area (Å²) >= 11 is 1.47. The normalized spacial score (nSPS) is 11.8. The Bertz CT molecular complexity index is 2560. The van der Waals surface area contributed by atoms with E-state index in [1.165, 1.54) is 23.5 Å². The Hall–Kier alpha value is -6.10. The van der Waals surface area contributed by atoms with Crippen LogP contribution in [0.15, 0.2) is 176 Å². The number of benzene rings is 7. The third-order valence-electron chi connectivity index (χ3n) is 8.74. The highest BCUT2D eigenvalue weighted by Crippen LogP contribution is 2.51. The van der Waals surface area contributed by atoms with Crippen LogP contribution < -0.4 is 14.0 Å². The fraction of sp³-hybridized carbons (Fsp3) is 0.0233. The van der Waals surface area contributed by atoms with Crippen LogP contribution in [-0.4, -0.2) is 13.9 Å². The number of fused-ring (bicyclic) bond motifs is 3. The topological polar surface area (TPSA) is 49.9 Å². The highest BCUT2D eigenvalue weighted by atomic mass is 32.2. The molecule has 0 aliphatic heterocycles. The van der Waals surface area contributed by atoms with Crippen molar-refractivity contribution in [3.63, 3.8) is 0 Å². The van der Waals surface area contributed by atoms with Gasteiger partial charge in [-0.15, -0.1) is 11.3 Å². The van der Waals surface area contributed by atoms with Gasteiger partial charge in [-0.2, -0.15) is 21.6 Å². The number of hydrogen-bond acceptors (Lipinski definition) is 6. The number of anilines is 6. The molecule has 0 spiro atoms. The lowest BCUT2D eigenvalue weighted by Crippen LogP contribution is -2.28. The minimum Gasteiger partial charge on any atom is -0.376 e. The number of halogens is 3. The molecule has 1 aromatic heterocycles. The van der Waals surface area contributed by atoms with Gasteiger partial charge in [-0.05, 0) is 77.9 Å². The monoisotopic (exact) mass is 742 g/mol. The van der Waals surface area contributed by atoms with Gasteiger partial charge in [-0.1, -0.05) is 103 Å². The van der Waals surface area contributed by atoms with Crippen molar-refractivity contribution in [2.24, 2.45) is 0 Å². The summed E-state index contributed by atoms with van der Waals surface area (Å²) in [5.41, 5.74) is 0.691. The van der Waals surface area contributed by atoms with Crippen molar-refractivity contribution in [3.8, 4) is 16.9 Å². The van der Waals surface area contributed by atoms with Crippen molar-refractivity contribution in [2.45, 2.75) is 5.51 Å². The average Bonchev–Trinajstić information content (AvgIpc) is 3.55. The zero-order valence-corrected chi connectivity index (χ0v) is 29.4. The zero-order chi connectivity index (χ0) is 36.6. The summed E-state index contributed by atoms with van der Waals surface area (Å²) in [7, 11) is -5.99. The molecule has 0 radical (unpaired) electrons. The minimum atomic E-state index is -5.99. The van der Waals surface area contributed by atoms with E-state index in [1.807, 2.05) is 157 Å². The van der Waals surface area contributed by atoms with Gasteiger partial charge in [-0.25, -0.2) is 0 Å². The van der Waals surface area contributed by atoms with Crippen LogP contribution >= 0.6 is 11.3 Å². The molecular weight excluding hydrogens is 714 g/mol. The zero-order valence-electron chi connectivity index (χ0n) is 27.8. The molecule has 10 heteroatoms. The Labute approximate surface area is 308 Å². The van der Waals surface area contributed by atoms with E-state index < -0.39 is 21.4 Å². The maximum atomic E-state index is 13.8. The summed E-state index contributed by atoms with van der Waals surface area (Å²) in [4.78, 5) is 4.05. The maximum absolute atomic E-state index is 13.8. The van der Waals surface area contributed by atoms with E-state index >= 15 is 0 Å². The number of hydrogen-bond donors (Lipinski definition) is 0. The summed E-state index contributed by atoms with van der Waals surface area (Å²) in [6, 6.07) is 55.3. The Morgan fingerprint density at radius 3 is 1.45 bits per heavy atom. The van der Waals surface area contributed by atoms with Gasteiger partial charge in [0.25, 0.3) is 0 Å². The van der Waals surface area contributed by atoms with E-state index in [1.54, 1.807) is 0 Å². The largest absolute Gasteiger partial charge is 0.534 e. The highest BCUT2D eigenvalue weighted by molar-refractivity contribution is 7.88. The summed E-state index contributed by atoms with van der Waals surface area (Å²) in [6.07, 6.45) is 0. The third kappa shape index (κ3) is 6.59. The molecule has 1 heterocycles. The minimum absolute atomic E-state index is 0.456. The van der Waals surface area contributed by atoms with Crippen molar-refractivity contribution in [3.05, 3.63) is 176 Å². The first-order valence-electron chi connectivity index (χ1n) is 16.6. The van der Waals surface area contributed by atoms with Crippen molar-refractivity contribution in [1.29, 1.82) is 0 Å². The lowest BCUT2D eigenvalue weighted by Gasteiger charge is -2.26. The van der Waals surface area contributed by atoms with E-state index in [9.17, 15) is 21.6 Å². The summed E-state index contributed by atoms with van der Waals surface area (Å²) in [6.45, 7) is 0. The first kappa shape index (κ1) is 34.0. The number of nitrogens with zero attached hydrogens (tertiary/aromatic N) is 2. The predicted octanol–water partition coefficient (Wildman–Crippen LogP) is 12.9. The number of alkyl halides is 3. The molecule has 53 heavy (non-hydrogen) atoms. The van der Waals surface area contributed by atoms with Crippen LogP contribution in [-0.2, 0) is 10.1 Å². The predicted molar refractivity (Wildman–Crippen MR) is 210 cm³/mol. The summed E-state index contributed by atoms with van der Waals surface area (Å²) in [5, 5.41) is 1.29. The van der Waals surface area contributed by atoms with Gasteiger partial charge in [0.05, 0.1) is 10.4 Å². The molecule has 0 aliphatic carbocycles. The first-order chi connectivity index (χ1) is 25.7. The Morgan fingerprint density at radius 1 is 0.528 bits per heavy atom. The molecule has 0 amide bonds. The van der Waals surface area contributed by atoms with Gasteiger partial charge in [0.15, 0.2) is 0 Å². The van der Waals surface area contributed by atoms with E-state index in [2.05, 4.69) is 17.0 Å². The Kier molecular flexibility index (Phi) is 8.85. The summed E-state index contributed by atoms with van der Waals surface area (Å²) < 4.78 is 72.8. The molecule has 0 N–H and O–H groups in total. The average molecular weight is 743 g/mol. The molecule has 0 bridgehead atoms. The molecule has 8 rings (SSSR count). The molecule has 0 saturated heterocycles. The highest BCUT2D eigenvalue weighted by Gasteiger charge is 2.48. The lowest BCUT2D eigenvalue weighted by atomic mass is 9.97. The molecule has 0 unspecified atom stereocenters. The first-order valence-corrected chi connectivity index (χ1v) is 18.8. The van der Waals surface area contributed by atoms with Gasteiger partial charge >= 0.3 is 15.6 Å². The quantitative estimate of drug-likeness (QED) is 0.109. The molecule has 0 saturated carbocycles. The van der Waals surface area contributed by atoms with Gasteiger partial charge in [0.2, 0.25) is 0 Å². The fourth-order valence-electron chi connectivity index (χ4n) is 6.50. The van der Waals surface area contributed by atoms with Crippen LogP contribution in [0.25, 0.3) is 31.3 Å². The van der Waals surface area contributed by atoms with Gasteiger partial charge < -0.3 is 14.0 Å². The maximum Gasteiger partial charge on any atom is 0.534 e. The van der Waals surface area contributed by atoms with Crippen LogP contribution in [0.1, 0.15) is 0 Å². The van der Waals surface area contributed by atoms with E-state index in [-0.39, 0.29) is 0 Å². The molecular formula is C43H29F3N2O3S2. The second-order valence-electron chi connectivity index (χ2n) is 12.1. The number of rotatable bonds is 9. The van der Waals surface area contributed by atoms with E-state index in [0.717, 1.165) is 54.3 Å². The molecule has 0 atom stereocenters. The van der Waals surface area contributed by atoms with Crippen LogP contribution in [0, 0.1) is 0 Å². The number of para-hydroxylation sites is 4. The molecule has 262 valence electrons. The van der Waals surface area contributed by atoms with Gasteiger partial charge in [0.1, 0.15) is 5.75 Å². The Balaban J connectivity index is 1.48. The van der Waals surface area contributed by atoms with Crippen LogP contribution in [0.4, 0.5) is 47.3 Å². The van der Waals surface area contributed by atoms with Crippen molar-refractivity contribution >= 4 is 75.8 Å². The number of thiophene rings is 1. The van der Waals surface area contributed by atoms with Crippen LogP contribution in [0.3, 0.4) is 0 Å². The third-order valence-corrected chi connectivity index (χ3v) is 10.9. The van der Waals surface area contributed by atoms with Crippen molar-refractivity contribution < 1.29 is 25.8 Å². The smallest absolute Gasteiger partial charge is 0.376 e. The van der Waals surface area contributed by atoms with E-state index in [4.69, 9.17) is 4.18 Å². The molecule has 0 fully saturated rings. The van der Waals surface area contributed by atoms with Gasteiger partial charge in [-0.3, -0.25) is 0 Å². The second kappa shape index (κ2) is 13.8. The lowest BCUT2D eigenvalue weighted by molar-refractivity contribution is -0.0500. The summed E-state index contributed by atoms with van der Waals surface area (Å²) in [5.74, 6) is -0.459. The van der Waals surface area contributed by atoms with Gasteiger partial charge in [0, 0.05) is 50.0 Å². The molecule has 8 aromatic rings.